The Morgan fingerprint density at radius 2 is 1.89 bits per heavy atom. The second kappa shape index (κ2) is 8.51. The molecule has 3 aromatic rings. The number of H-pyrrole nitrogens is 1. The third-order valence-electron chi connectivity index (χ3n) is 3.82. The molecule has 5 nitrogen and oxygen atoms in total. The summed E-state index contributed by atoms with van der Waals surface area (Å²) in [5, 5.41) is 8.92. The Balaban J connectivity index is 1.82. The van der Waals surface area contributed by atoms with Gasteiger partial charge in [-0.2, -0.15) is 0 Å². The molecular weight excluding hydrogens is 410 g/mol. The van der Waals surface area contributed by atoms with Crippen LogP contribution in [0.3, 0.4) is 0 Å². The summed E-state index contributed by atoms with van der Waals surface area (Å²) in [7, 11) is 0. The molecule has 0 atom stereocenters. The summed E-state index contributed by atoms with van der Waals surface area (Å²) in [6.07, 6.45) is 4.69. The first-order valence-corrected chi connectivity index (χ1v) is 8.92. The molecule has 0 aliphatic rings. The predicted octanol–water partition coefficient (Wildman–Crippen LogP) is 4.59. The smallest absolute Gasteiger partial charge is 0.341 e. The van der Waals surface area contributed by atoms with E-state index in [0.717, 1.165) is 15.6 Å². The molecule has 2 N–H and O–H groups in total. The second-order valence-corrected chi connectivity index (χ2v) is 6.68. The lowest BCUT2D eigenvalue weighted by Gasteiger charge is -2.10. The molecule has 2 aromatic carbocycles. The van der Waals surface area contributed by atoms with Gasteiger partial charge < -0.3 is 14.8 Å². The van der Waals surface area contributed by atoms with E-state index < -0.39 is 11.4 Å². The van der Waals surface area contributed by atoms with Gasteiger partial charge in [-0.05, 0) is 35.9 Å². The van der Waals surface area contributed by atoms with E-state index in [9.17, 15) is 9.59 Å². The molecule has 0 fully saturated rings. The number of halogens is 1. The number of ether oxygens (including phenoxy) is 1. The van der Waals surface area contributed by atoms with Crippen LogP contribution in [-0.4, -0.2) is 16.1 Å². The van der Waals surface area contributed by atoms with Gasteiger partial charge in [-0.15, -0.1) is 0 Å². The molecule has 0 saturated heterocycles. The first-order chi connectivity index (χ1) is 13.0. The van der Waals surface area contributed by atoms with Gasteiger partial charge in [-0.3, -0.25) is 4.79 Å². The molecule has 6 heteroatoms. The topological polar surface area (TPSA) is 79.4 Å². The van der Waals surface area contributed by atoms with Crippen molar-refractivity contribution < 1.29 is 14.6 Å². The van der Waals surface area contributed by atoms with Crippen LogP contribution in [0.4, 0.5) is 0 Å². The third-order valence-corrected chi connectivity index (χ3v) is 4.31. The SMILES string of the molecule is O=C(O)c1c[nH]c(C=Cc2cc(Br)ccc2OCc2ccccc2)cc1=O. The van der Waals surface area contributed by atoms with Crippen LogP contribution >= 0.6 is 15.9 Å². The molecule has 0 aliphatic heterocycles. The van der Waals surface area contributed by atoms with Crippen LogP contribution in [0.25, 0.3) is 12.2 Å². The van der Waals surface area contributed by atoms with Crippen LogP contribution in [0.5, 0.6) is 5.75 Å². The van der Waals surface area contributed by atoms with Crippen molar-refractivity contribution in [3.8, 4) is 5.75 Å². The van der Waals surface area contributed by atoms with Crippen molar-refractivity contribution in [3.63, 3.8) is 0 Å². The maximum absolute atomic E-state index is 11.8. The first kappa shape index (κ1) is 18.7. The molecule has 0 bridgehead atoms. The van der Waals surface area contributed by atoms with Crippen LogP contribution in [0.1, 0.15) is 27.2 Å². The average Bonchev–Trinajstić information content (AvgIpc) is 2.66. The standard InChI is InChI=1S/C21H16BrNO4/c22-16-7-9-20(27-13-14-4-2-1-3-5-14)15(10-16)6-8-17-11-19(24)18(12-23-17)21(25)26/h1-12H,13H2,(H,23,24)(H,25,26). The number of pyridine rings is 1. The summed E-state index contributed by atoms with van der Waals surface area (Å²) in [6.45, 7) is 0.438. The maximum Gasteiger partial charge on any atom is 0.341 e. The monoisotopic (exact) mass is 425 g/mol. The van der Waals surface area contributed by atoms with Gasteiger partial charge in [-0.25, -0.2) is 4.79 Å². The number of hydrogen-bond acceptors (Lipinski definition) is 3. The van der Waals surface area contributed by atoms with E-state index in [1.165, 1.54) is 12.3 Å². The van der Waals surface area contributed by atoms with Crippen molar-refractivity contribution in [1.82, 2.24) is 4.98 Å². The van der Waals surface area contributed by atoms with Crippen molar-refractivity contribution in [2.75, 3.05) is 0 Å². The van der Waals surface area contributed by atoms with Gasteiger partial charge in [0.1, 0.15) is 17.9 Å². The number of carboxylic acids is 1. The van der Waals surface area contributed by atoms with Crippen LogP contribution < -0.4 is 10.2 Å². The van der Waals surface area contributed by atoms with E-state index >= 15 is 0 Å². The quantitative estimate of drug-likeness (QED) is 0.605. The highest BCUT2D eigenvalue weighted by molar-refractivity contribution is 9.10. The highest BCUT2D eigenvalue weighted by atomic mass is 79.9. The lowest BCUT2D eigenvalue weighted by molar-refractivity contribution is 0.0695. The normalized spacial score (nSPS) is 10.9. The van der Waals surface area contributed by atoms with Crippen molar-refractivity contribution in [2.24, 2.45) is 0 Å². The van der Waals surface area contributed by atoms with Crippen molar-refractivity contribution >= 4 is 34.1 Å². The van der Waals surface area contributed by atoms with Crippen LogP contribution in [0, 0.1) is 0 Å². The Hall–Kier alpha value is -3.12. The number of aromatic amines is 1. The van der Waals surface area contributed by atoms with E-state index in [-0.39, 0.29) is 5.56 Å². The molecule has 0 unspecified atom stereocenters. The molecule has 1 aromatic heterocycles. The Bertz CT molecular complexity index is 1040. The van der Waals surface area contributed by atoms with Gasteiger partial charge in [0.2, 0.25) is 0 Å². The van der Waals surface area contributed by atoms with E-state index in [4.69, 9.17) is 9.84 Å². The number of carboxylic acid groups (broad SMARTS) is 1. The molecule has 1 heterocycles. The largest absolute Gasteiger partial charge is 0.488 e. The predicted molar refractivity (Wildman–Crippen MR) is 108 cm³/mol. The zero-order valence-corrected chi connectivity index (χ0v) is 15.8. The molecule has 0 amide bonds. The van der Waals surface area contributed by atoms with Crippen molar-refractivity contribution in [2.45, 2.75) is 6.61 Å². The number of hydrogen-bond donors (Lipinski definition) is 2. The molecular formula is C21H16BrNO4. The number of benzene rings is 2. The van der Waals surface area contributed by atoms with Gasteiger partial charge in [-0.1, -0.05) is 46.3 Å². The van der Waals surface area contributed by atoms with Gasteiger partial charge in [0.25, 0.3) is 0 Å². The molecule has 0 aliphatic carbocycles. The Morgan fingerprint density at radius 3 is 2.59 bits per heavy atom. The number of aromatic nitrogens is 1. The zero-order chi connectivity index (χ0) is 19.2. The fraction of sp³-hybridized carbons (Fsp3) is 0.0476. The molecule has 0 saturated carbocycles. The lowest BCUT2D eigenvalue weighted by atomic mass is 10.1. The summed E-state index contributed by atoms with van der Waals surface area (Å²) in [4.78, 5) is 25.5. The minimum Gasteiger partial charge on any atom is -0.488 e. The van der Waals surface area contributed by atoms with Crippen LogP contribution in [0.15, 0.2) is 70.1 Å². The second-order valence-electron chi connectivity index (χ2n) is 5.76. The van der Waals surface area contributed by atoms with Crippen molar-refractivity contribution in [1.29, 1.82) is 0 Å². The molecule has 3 rings (SSSR count). The molecule has 0 radical (unpaired) electrons. The van der Waals surface area contributed by atoms with E-state index in [0.29, 0.717) is 18.1 Å². The summed E-state index contributed by atoms with van der Waals surface area (Å²) in [5.41, 5.74) is 1.54. The average molecular weight is 426 g/mol. The van der Waals surface area contributed by atoms with Gasteiger partial charge in [0.15, 0.2) is 5.43 Å². The number of nitrogens with one attached hydrogen (secondary N) is 1. The highest BCUT2D eigenvalue weighted by Gasteiger charge is 2.08. The van der Waals surface area contributed by atoms with E-state index in [1.54, 1.807) is 12.2 Å². The van der Waals surface area contributed by atoms with Crippen LogP contribution in [-0.2, 0) is 6.61 Å². The maximum atomic E-state index is 11.8. The minimum atomic E-state index is -1.25. The Morgan fingerprint density at radius 1 is 1.11 bits per heavy atom. The Labute approximate surface area is 164 Å². The fourth-order valence-corrected chi connectivity index (χ4v) is 2.83. The van der Waals surface area contributed by atoms with Gasteiger partial charge in [0, 0.05) is 28.0 Å². The number of carbonyl (C=O) groups is 1. The molecule has 0 spiro atoms. The summed E-state index contributed by atoms with van der Waals surface area (Å²) >= 11 is 3.44. The van der Waals surface area contributed by atoms with E-state index in [2.05, 4.69) is 20.9 Å². The number of aromatic carboxylic acids is 1. The highest BCUT2D eigenvalue weighted by Crippen LogP contribution is 2.26. The summed E-state index contributed by atoms with van der Waals surface area (Å²) < 4.78 is 6.81. The fourth-order valence-electron chi connectivity index (χ4n) is 2.45. The summed E-state index contributed by atoms with van der Waals surface area (Å²) in [5.74, 6) is -0.557. The Kier molecular flexibility index (Phi) is 5.88. The van der Waals surface area contributed by atoms with Crippen LogP contribution in [0.2, 0.25) is 0 Å². The number of rotatable bonds is 6. The summed E-state index contributed by atoms with van der Waals surface area (Å²) in [6, 6.07) is 16.8. The first-order valence-electron chi connectivity index (χ1n) is 8.13. The van der Waals surface area contributed by atoms with Gasteiger partial charge >= 0.3 is 5.97 Å². The lowest BCUT2D eigenvalue weighted by Crippen LogP contribution is -2.14. The van der Waals surface area contributed by atoms with E-state index in [1.807, 2.05) is 48.5 Å². The third kappa shape index (κ3) is 4.95. The minimum absolute atomic E-state index is 0.290. The van der Waals surface area contributed by atoms with Gasteiger partial charge in [0.05, 0.1) is 0 Å². The van der Waals surface area contributed by atoms with Crippen molar-refractivity contribution in [3.05, 3.63) is 97.9 Å². The zero-order valence-electron chi connectivity index (χ0n) is 14.2. The molecule has 27 heavy (non-hydrogen) atoms. The molecule has 136 valence electrons.